The summed E-state index contributed by atoms with van der Waals surface area (Å²) in [5, 5.41) is 2.55. The quantitative estimate of drug-likeness (QED) is 0.796. The molecule has 0 saturated carbocycles. The summed E-state index contributed by atoms with van der Waals surface area (Å²) in [6.07, 6.45) is 0.994. The van der Waals surface area contributed by atoms with Crippen LogP contribution < -0.4 is 10.0 Å². The van der Waals surface area contributed by atoms with Gasteiger partial charge in [0, 0.05) is 20.0 Å². The number of sulfonamides is 1. The van der Waals surface area contributed by atoms with Crippen molar-refractivity contribution >= 4 is 15.9 Å². The number of aryl methyl sites for hydroxylation is 1. The van der Waals surface area contributed by atoms with Crippen LogP contribution in [0.1, 0.15) is 25.8 Å². The Hall–Kier alpha value is -1.40. The molecule has 112 valence electrons. The predicted molar refractivity (Wildman–Crippen MR) is 78.9 cm³/mol. The van der Waals surface area contributed by atoms with Crippen molar-refractivity contribution in [1.29, 1.82) is 0 Å². The van der Waals surface area contributed by atoms with E-state index in [1.54, 1.807) is 31.3 Å². The highest BCUT2D eigenvalue weighted by Gasteiger charge is 2.13. The standard InChI is InChI=1S/C14H22N2O3S/c1-11(2)10-16-20(18,19)13-7-4-12(5-8-13)6-9-14(17)15-3/h4-5,7-8,11,16H,6,9-10H2,1-3H3,(H,15,17). The second kappa shape index (κ2) is 7.40. The SMILES string of the molecule is CNC(=O)CCc1ccc(S(=O)(=O)NCC(C)C)cc1. The molecule has 0 bridgehead atoms. The summed E-state index contributed by atoms with van der Waals surface area (Å²) in [5.74, 6) is 0.233. The van der Waals surface area contributed by atoms with Crippen LogP contribution in [0.25, 0.3) is 0 Å². The monoisotopic (exact) mass is 298 g/mol. The molecule has 0 aliphatic rings. The average Bonchev–Trinajstić information content (AvgIpc) is 2.43. The van der Waals surface area contributed by atoms with Crippen LogP contribution in [0, 0.1) is 5.92 Å². The number of benzene rings is 1. The molecule has 0 radical (unpaired) electrons. The third-order valence-corrected chi connectivity index (χ3v) is 4.27. The Labute approximate surface area is 120 Å². The van der Waals surface area contributed by atoms with Gasteiger partial charge in [0.05, 0.1) is 4.90 Å². The van der Waals surface area contributed by atoms with Gasteiger partial charge in [0.2, 0.25) is 15.9 Å². The smallest absolute Gasteiger partial charge is 0.240 e. The Balaban J connectivity index is 2.68. The van der Waals surface area contributed by atoms with E-state index >= 15 is 0 Å². The number of carbonyl (C=O) groups excluding carboxylic acids is 1. The molecular formula is C14H22N2O3S. The van der Waals surface area contributed by atoms with E-state index in [0.717, 1.165) is 5.56 Å². The van der Waals surface area contributed by atoms with Crippen LogP contribution in [0.3, 0.4) is 0 Å². The molecule has 0 saturated heterocycles. The van der Waals surface area contributed by atoms with E-state index in [1.807, 2.05) is 13.8 Å². The molecular weight excluding hydrogens is 276 g/mol. The molecule has 1 aromatic carbocycles. The van der Waals surface area contributed by atoms with Gasteiger partial charge < -0.3 is 5.32 Å². The highest BCUT2D eigenvalue weighted by Crippen LogP contribution is 2.12. The van der Waals surface area contributed by atoms with Gasteiger partial charge in [-0.1, -0.05) is 26.0 Å². The number of amides is 1. The van der Waals surface area contributed by atoms with Crippen LogP contribution in [0.5, 0.6) is 0 Å². The first-order valence-corrected chi connectivity index (χ1v) is 8.12. The number of nitrogens with one attached hydrogen (secondary N) is 2. The molecule has 1 amide bonds. The van der Waals surface area contributed by atoms with E-state index in [4.69, 9.17) is 0 Å². The van der Waals surface area contributed by atoms with Crippen molar-refractivity contribution in [3.8, 4) is 0 Å². The Morgan fingerprint density at radius 1 is 1.20 bits per heavy atom. The topological polar surface area (TPSA) is 75.3 Å². The van der Waals surface area contributed by atoms with Gasteiger partial charge in [-0.25, -0.2) is 13.1 Å². The zero-order valence-corrected chi connectivity index (χ0v) is 13.0. The van der Waals surface area contributed by atoms with Gasteiger partial charge in [-0.05, 0) is 30.0 Å². The van der Waals surface area contributed by atoms with Gasteiger partial charge in [-0.2, -0.15) is 0 Å². The van der Waals surface area contributed by atoms with Gasteiger partial charge in [0.25, 0.3) is 0 Å². The minimum Gasteiger partial charge on any atom is -0.359 e. The molecule has 1 aromatic rings. The second-order valence-electron chi connectivity index (χ2n) is 5.06. The molecule has 0 atom stereocenters. The average molecular weight is 298 g/mol. The molecule has 20 heavy (non-hydrogen) atoms. The minimum atomic E-state index is -3.44. The molecule has 0 heterocycles. The van der Waals surface area contributed by atoms with Crippen molar-refractivity contribution < 1.29 is 13.2 Å². The zero-order valence-electron chi connectivity index (χ0n) is 12.1. The summed E-state index contributed by atoms with van der Waals surface area (Å²) in [6, 6.07) is 6.63. The molecule has 5 nitrogen and oxygen atoms in total. The lowest BCUT2D eigenvalue weighted by atomic mass is 10.1. The van der Waals surface area contributed by atoms with E-state index in [9.17, 15) is 13.2 Å². The summed E-state index contributed by atoms with van der Waals surface area (Å²) < 4.78 is 26.5. The van der Waals surface area contributed by atoms with Crippen molar-refractivity contribution in [2.24, 2.45) is 5.92 Å². The van der Waals surface area contributed by atoms with Crippen molar-refractivity contribution in [3.05, 3.63) is 29.8 Å². The van der Waals surface area contributed by atoms with Crippen LogP contribution in [0.4, 0.5) is 0 Å². The summed E-state index contributed by atoms with van der Waals surface area (Å²) in [4.78, 5) is 11.4. The number of rotatable bonds is 7. The van der Waals surface area contributed by atoms with Crippen LogP contribution in [0.2, 0.25) is 0 Å². The third kappa shape index (κ3) is 5.30. The summed E-state index contributed by atoms with van der Waals surface area (Å²) in [7, 11) is -1.84. The van der Waals surface area contributed by atoms with Gasteiger partial charge in [-0.15, -0.1) is 0 Å². The van der Waals surface area contributed by atoms with Crippen molar-refractivity contribution in [2.75, 3.05) is 13.6 Å². The van der Waals surface area contributed by atoms with E-state index in [1.165, 1.54) is 0 Å². The fourth-order valence-electron chi connectivity index (χ4n) is 1.58. The van der Waals surface area contributed by atoms with E-state index in [2.05, 4.69) is 10.0 Å². The van der Waals surface area contributed by atoms with Crippen molar-refractivity contribution in [1.82, 2.24) is 10.0 Å². The lowest BCUT2D eigenvalue weighted by Gasteiger charge is -2.09. The Morgan fingerprint density at radius 2 is 1.80 bits per heavy atom. The molecule has 0 aliphatic heterocycles. The summed E-state index contributed by atoms with van der Waals surface area (Å²) >= 11 is 0. The van der Waals surface area contributed by atoms with E-state index in [-0.39, 0.29) is 16.7 Å². The number of carbonyl (C=O) groups is 1. The second-order valence-corrected chi connectivity index (χ2v) is 6.83. The Morgan fingerprint density at radius 3 is 2.30 bits per heavy atom. The molecule has 0 unspecified atom stereocenters. The van der Waals surface area contributed by atoms with Crippen LogP contribution >= 0.6 is 0 Å². The first-order chi connectivity index (χ1) is 9.35. The normalized spacial score (nSPS) is 11.6. The Bertz CT molecular complexity index is 536. The maximum atomic E-state index is 12.0. The van der Waals surface area contributed by atoms with Gasteiger partial charge >= 0.3 is 0 Å². The highest BCUT2D eigenvalue weighted by atomic mass is 32.2. The van der Waals surface area contributed by atoms with E-state index in [0.29, 0.717) is 19.4 Å². The number of hydrogen-bond acceptors (Lipinski definition) is 3. The maximum absolute atomic E-state index is 12.0. The van der Waals surface area contributed by atoms with Crippen molar-refractivity contribution in [2.45, 2.75) is 31.6 Å². The maximum Gasteiger partial charge on any atom is 0.240 e. The van der Waals surface area contributed by atoms with E-state index < -0.39 is 10.0 Å². The van der Waals surface area contributed by atoms with Gasteiger partial charge in [0.15, 0.2) is 0 Å². The Kier molecular flexibility index (Phi) is 6.16. The molecule has 0 spiro atoms. The van der Waals surface area contributed by atoms with Gasteiger partial charge in [-0.3, -0.25) is 4.79 Å². The third-order valence-electron chi connectivity index (χ3n) is 2.83. The van der Waals surface area contributed by atoms with Gasteiger partial charge in [0.1, 0.15) is 0 Å². The number of hydrogen-bond donors (Lipinski definition) is 2. The van der Waals surface area contributed by atoms with Crippen LogP contribution in [-0.4, -0.2) is 27.9 Å². The molecule has 0 aliphatic carbocycles. The largest absolute Gasteiger partial charge is 0.359 e. The van der Waals surface area contributed by atoms with Crippen molar-refractivity contribution in [3.63, 3.8) is 0 Å². The lowest BCUT2D eigenvalue weighted by molar-refractivity contribution is -0.120. The lowest BCUT2D eigenvalue weighted by Crippen LogP contribution is -2.27. The first-order valence-electron chi connectivity index (χ1n) is 6.64. The molecule has 0 fully saturated rings. The minimum absolute atomic E-state index is 0.0275. The summed E-state index contributed by atoms with van der Waals surface area (Å²) in [5.41, 5.74) is 0.941. The molecule has 2 N–H and O–H groups in total. The zero-order chi connectivity index (χ0) is 15.2. The molecule has 0 aromatic heterocycles. The summed E-state index contributed by atoms with van der Waals surface area (Å²) in [6.45, 7) is 4.32. The molecule has 6 heteroatoms. The van der Waals surface area contributed by atoms with Crippen LogP contribution in [-0.2, 0) is 21.2 Å². The first kappa shape index (κ1) is 16.7. The highest BCUT2D eigenvalue weighted by molar-refractivity contribution is 7.89. The fraction of sp³-hybridized carbons (Fsp3) is 0.500. The fourth-order valence-corrected chi connectivity index (χ4v) is 2.79. The molecule has 1 rings (SSSR count). The van der Waals surface area contributed by atoms with Crippen LogP contribution in [0.15, 0.2) is 29.2 Å². The predicted octanol–water partition coefficient (Wildman–Crippen LogP) is 1.30.